The number of hydrogen-bond acceptors (Lipinski definition) is 22. The summed E-state index contributed by atoms with van der Waals surface area (Å²) < 4.78 is 112. The molecule has 10 N–H and O–H groups in total. The van der Waals surface area contributed by atoms with Crippen LogP contribution in [0.5, 0.6) is 0 Å². The molecule has 0 bridgehead atoms. The zero-order valence-corrected chi connectivity index (χ0v) is 48.7. The van der Waals surface area contributed by atoms with Crippen LogP contribution < -0.4 is 31.4 Å². The van der Waals surface area contributed by atoms with Crippen molar-refractivity contribution in [3.63, 3.8) is 0 Å². The number of carbonyl (C=O) groups is 4. The molecule has 0 aromatic carbocycles. The monoisotopic (exact) mass is 1180 g/mol. The van der Waals surface area contributed by atoms with Gasteiger partial charge >= 0.3 is 23.9 Å². The van der Waals surface area contributed by atoms with E-state index in [0.29, 0.717) is 43.1 Å². The molecular formula is C46H80N12O18S3. The lowest BCUT2D eigenvalue weighted by Crippen LogP contribution is -2.56. The number of rotatable bonds is 24. The highest BCUT2D eigenvalue weighted by molar-refractivity contribution is 7.89. The molecule has 0 aliphatic heterocycles. The molecular weight excluding hydrogens is 1100 g/mol. The Balaban J connectivity index is 0.000000528. The highest BCUT2D eigenvalue weighted by atomic mass is 32.2. The summed E-state index contributed by atoms with van der Waals surface area (Å²) in [6.07, 6.45) is 10.7. The first-order valence-electron chi connectivity index (χ1n) is 25.0. The standard InChI is InChI=1S/C12H20N4O5S.C12H22N2O5S.C11H18N4O3.C11H20N2O5S/c1-4-5-21-10-7-8(12(17)20-2)6-9(14-16-13)11(10)15-22(3,18)19;1-4-5-19-10-7-8(12(15)18-2)6-9(13)11(10)14-20(3,16)17;1-3-4-18-9-6-7(11(16)17-2)5-8(10(9)12)14-15-13;1-3-4-18-9-6-7(11(14)15)5-8(12)10(9)13-19(2,16)17/h7,9-11,15H,4-6H2,1-3H3;7,9-11,14H,4-6,13H2,1-3H3;6,8-10H,3-5,12H2,1-2H3;6,8-10,13H,3-5,12H2,1-2H3,(H,14,15)/t2*9-,10+,11+;2*8-,9+,10+/m0000/s1. The molecule has 0 aromatic rings. The Morgan fingerprint density at radius 2 is 0.823 bits per heavy atom. The van der Waals surface area contributed by atoms with Crippen LogP contribution in [0.2, 0.25) is 0 Å². The van der Waals surface area contributed by atoms with Gasteiger partial charge in [0, 0.05) is 76.7 Å². The average molecular weight is 1190 g/mol. The zero-order valence-electron chi connectivity index (χ0n) is 46.3. The van der Waals surface area contributed by atoms with Crippen molar-refractivity contribution in [2.24, 2.45) is 27.4 Å². The number of nitrogens with two attached hydrogens (primary N) is 3. The van der Waals surface area contributed by atoms with Crippen molar-refractivity contribution >= 4 is 53.9 Å². The lowest BCUT2D eigenvalue weighted by Gasteiger charge is -2.34. The normalized spacial score (nSPS) is 26.7. The van der Waals surface area contributed by atoms with Gasteiger partial charge in [0.15, 0.2) is 0 Å². The van der Waals surface area contributed by atoms with Gasteiger partial charge in [-0.2, -0.15) is 0 Å². The highest BCUT2D eigenvalue weighted by Gasteiger charge is 2.39. The average Bonchev–Trinajstić information content (AvgIpc) is 3.38. The van der Waals surface area contributed by atoms with Crippen LogP contribution in [0.15, 0.2) is 56.8 Å². The van der Waals surface area contributed by atoms with Crippen LogP contribution in [0, 0.1) is 0 Å². The Morgan fingerprint density at radius 1 is 0.532 bits per heavy atom. The molecule has 30 nitrogen and oxygen atoms in total. The first-order chi connectivity index (χ1) is 37.0. The third-order valence-electron chi connectivity index (χ3n) is 11.6. The molecule has 4 aliphatic carbocycles. The number of carbonyl (C=O) groups excluding carboxylic acids is 3. The number of carboxylic acid groups (broad SMARTS) is 1. The molecule has 0 fully saturated rings. The number of aliphatic carboxylic acids is 1. The molecule has 0 spiro atoms. The van der Waals surface area contributed by atoms with E-state index in [1.165, 1.54) is 33.5 Å². The number of methoxy groups -OCH3 is 3. The quantitative estimate of drug-likeness (QED) is 0.0234. The van der Waals surface area contributed by atoms with E-state index >= 15 is 0 Å². The van der Waals surface area contributed by atoms with Crippen LogP contribution in [0.3, 0.4) is 0 Å². The molecule has 0 heterocycles. The molecule has 79 heavy (non-hydrogen) atoms. The third kappa shape index (κ3) is 26.4. The lowest BCUT2D eigenvalue weighted by molar-refractivity contribution is -0.137. The molecule has 0 saturated heterocycles. The predicted octanol–water partition coefficient (Wildman–Crippen LogP) is 1.14. The molecule has 4 aliphatic rings. The fraction of sp³-hybridized carbons (Fsp3) is 0.739. The second-order valence-corrected chi connectivity index (χ2v) is 23.7. The van der Waals surface area contributed by atoms with Crippen molar-refractivity contribution in [1.82, 2.24) is 14.2 Å². The zero-order chi connectivity index (χ0) is 60.3. The highest BCUT2D eigenvalue weighted by Crippen LogP contribution is 2.28. The van der Waals surface area contributed by atoms with Crippen molar-refractivity contribution in [3.05, 3.63) is 67.5 Å². The molecule has 0 saturated carbocycles. The van der Waals surface area contributed by atoms with E-state index in [9.17, 15) is 44.4 Å². The van der Waals surface area contributed by atoms with Gasteiger partial charge in [0.25, 0.3) is 0 Å². The van der Waals surface area contributed by atoms with E-state index in [1.807, 2.05) is 27.7 Å². The third-order valence-corrected chi connectivity index (χ3v) is 13.7. The smallest absolute Gasteiger partial charge is 0.333 e. The van der Waals surface area contributed by atoms with Gasteiger partial charge in [0.1, 0.15) is 0 Å². The van der Waals surface area contributed by atoms with E-state index in [0.717, 1.165) is 44.5 Å². The van der Waals surface area contributed by atoms with Crippen LogP contribution in [0.1, 0.15) is 79.1 Å². The van der Waals surface area contributed by atoms with Crippen LogP contribution in [-0.2, 0) is 82.4 Å². The summed E-state index contributed by atoms with van der Waals surface area (Å²) in [4.78, 5) is 51.3. The van der Waals surface area contributed by atoms with Gasteiger partial charge in [-0.05, 0) is 86.7 Å². The molecule has 450 valence electrons. The van der Waals surface area contributed by atoms with Crippen LogP contribution in [-0.4, -0.2) is 194 Å². The minimum Gasteiger partial charge on any atom is -0.478 e. The summed E-state index contributed by atoms with van der Waals surface area (Å²) in [6, 6.07) is -4.91. The summed E-state index contributed by atoms with van der Waals surface area (Å²) in [5.41, 5.74) is 36.3. The van der Waals surface area contributed by atoms with Crippen molar-refractivity contribution in [2.75, 3.05) is 66.5 Å². The maximum absolute atomic E-state index is 11.7. The number of azide groups is 2. The summed E-state index contributed by atoms with van der Waals surface area (Å²) >= 11 is 0. The Labute approximate surface area is 462 Å². The van der Waals surface area contributed by atoms with Gasteiger partial charge in [0.2, 0.25) is 30.1 Å². The first-order valence-corrected chi connectivity index (χ1v) is 30.7. The molecule has 33 heteroatoms. The Morgan fingerprint density at radius 3 is 1.16 bits per heavy atom. The maximum Gasteiger partial charge on any atom is 0.333 e. The summed E-state index contributed by atoms with van der Waals surface area (Å²) in [7, 11) is -6.55. The molecule has 0 unspecified atom stereocenters. The van der Waals surface area contributed by atoms with Crippen LogP contribution in [0.4, 0.5) is 0 Å². The van der Waals surface area contributed by atoms with Gasteiger partial charge in [-0.25, -0.2) is 58.6 Å². The number of ether oxygens (including phenoxy) is 7. The van der Waals surface area contributed by atoms with Crippen molar-refractivity contribution < 1.29 is 82.7 Å². The topological polar surface area (TPSA) is 467 Å². The SMILES string of the molecule is CCCO[C@@H]1C=C(C(=O)O)C[C@H](N)[C@H]1NS(C)(=O)=O.CCCO[C@@H]1C=C(C(=O)OC)C[C@H](N)[C@H]1NS(C)(=O)=O.CCCO[C@@H]1C=C(C(=O)OC)C[C@H](N=[N+]=[N-])[C@H]1N.CCCO[C@@H]1C=C(C(=O)OC)C[C@H](N=[N+]=[N-])[C@H]1NS(C)(=O)=O. The van der Waals surface area contributed by atoms with Gasteiger partial charge < -0.3 is 55.5 Å². The van der Waals surface area contributed by atoms with Gasteiger partial charge in [-0.1, -0.05) is 37.9 Å². The molecule has 4 rings (SSSR count). The van der Waals surface area contributed by atoms with E-state index in [-0.39, 0.29) is 31.3 Å². The van der Waals surface area contributed by atoms with E-state index in [4.69, 9.17) is 52.3 Å². The molecule has 12 atom stereocenters. The number of hydrogen-bond donors (Lipinski definition) is 7. The predicted molar refractivity (Wildman–Crippen MR) is 290 cm³/mol. The van der Waals surface area contributed by atoms with Crippen molar-refractivity contribution in [3.8, 4) is 0 Å². The van der Waals surface area contributed by atoms with Gasteiger partial charge in [-0.3, -0.25) is 0 Å². The number of nitrogens with one attached hydrogen (secondary N) is 3. The van der Waals surface area contributed by atoms with Gasteiger partial charge in [0.05, 0.1) is 94.7 Å². The Bertz CT molecular complexity index is 2590. The number of sulfonamides is 3. The first kappa shape index (κ1) is 71.9. The second kappa shape index (κ2) is 35.6. The summed E-state index contributed by atoms with van der Waals surface area (Å²) in [5, 5.41) is 16.2. The molecule has 0 amide bonds. The van der Waals surface area contributed by atoms with Crippen LogP contribution in [0.25, 0.3) is 20.9 Å². The summed E-state index contributed by atoms with van der Waals surface area (Å²) in [5.74, 6) is -2.52. The number of esters is 3. The van der Waals surface area contributed by atoms with Gasteiger partial charge in [-0.15, -0.1) is 0 Å². The minimum atomic E-state index is -3.53. The largest absolute Gasteiger partial charge is 0.478 e. The van der Waals surface area contributed by atoms with E-state index < -0.39 is 127 Å². The fourth-order valence-corrected chi connectivity index (χ4v) is 10.5. The Kier molecular flexibility index (Phi) is 32.4. The minimum absolute atomic E-state index is 0.0793. The van der Waals surface area contributed by atoms with Crippen LogP contribution >= 0.6 is 0 Å². The van der Waals surface area contributed by atoms with Crippen molar-refractivity contribution in [2.45, 2.75) is 152 Å². The summed E-state index contributed by atoms with van der Waals surface area (Å²) in [6.45, 7) is 9.48. The van der Waals surface area contributed by atoms with E-state index in [2.05, 4.69) is 48.4 Å². The fourth-order valence-electron chi connectivity index (χ4n) is 8.08. The number of nitrogens with zero attached hydrogens (tertiary/aromatic N) is 6. The Hall–Kier alpha value is -5.09. The van der Waals surface area contributed by atoms with Crippen molar-refractivity contribution in [1.29, 1.82) is 0 Å². The van der Waals surface area contributed by atoms with E-state index in [1.54, 1.807) is 12.2 Å². The second-order valence-electron chi connectivity index (χ2n) is 18.4. The molecule has 0 aromatic heterocycles. The number of carboxylic acids is 1. The lowest BCUT2D eigenvalue weighted by atomic mass is 9.89. The molecule has 0 radical (unpaired) electrons. The maximum atomic E-state index is 11.7.